The lowest BCUT2D eigenvalue weighted by atomic mass is 10.00. The van der Waals surface area contributed by atoms with Crippen molar-refractivity contribution in [1.29, 1.82) is 0 Å². The van der Waals surface area contributed by atoms with Crippen molar-refractivity contribution in [3.05, 3.63) is 59.4 Å². The van der Waals surface area contributed by atoms with Gasteiger partial charge in [0, 0.05) is 36.4 Å². The summed E-state index contributed by atoms with van der Waals surface area (Å²) in [6.07, 6.45) is 0.226. The third-order valence-corrected chi connectivity index (χ3v) is 7.32. The van der Waals surface area contributed by atoms with E-state index in [4.69, 9.17) is 4.74 Å². The zero-order valence-corrected chi connectivity index (χ0v) is 20.5. The first kappa shape index (κ1) is 25.1. The van der Waals surface area contributed by atoms with Gasteiger partial charge in [0.25, 0.3) is 15.9 Å². The monoisotopic (exact) mass is 477 g/mol. The molecule has 1 saturated heterocycles. The minimum Gasteiger partial charge on any atom is -0.373 e. The Balaban J connectivity index is 1.72. The zero-order valence-electron chi connectivity index (χ0n) is 19.7. The topological polar surface area (TPSA) is 87.7 Å². The lowest BCUT2D eigenvalue weighted by Crippen LogP contribution is -2.58. The molecule has 2 atom stereocenters. The van der Waals surface area contributed by atoms with E-state index in [1.807, 2.05) is 13.8 Å². The van der Waals surface area contributed by atoms with Crippen molar-refractivity contribution in [2.45, 2.75) is 57.3 Å². The highest BCUT2D eigenvalue weighted by molar-refractivity contribution is 7.92. The standard InChI is InChI=1S/C24H32FN3O4S/c1-16-6-7-19(12-22(16)33(30,31)27-21-10-8-20(25)9-11-21)23(29)26-15-24(4,5)28-13-17(2)32-18(3)14-28/h6-12,17-18,27H,13-15H2,1-5H3,(H,26,29)/t17-,18+. The van der Waals surface area contributed by atoms with Crippen molar-refractivity contribution >= 4 is 21.6 Å². The molecule has 33 heavy (non-hydrogen) atoms. The van der Waals surface area contributed by atoms with Crippen LogP contribution in [0.15, 0.2) is 47.4 Å². The van der Waals surface area contributed by atoms with Crippen LogP contribution in [0.1, 0.15) is 43.6 Å². The maximum Gasteiger partial charge on any atom is 0.262 e. The molecule has 0 aromatic heterocycles. The van der Waals surface area contributed by atoms with Gasteiger partial charge in [-0.15, -0.1) is 0 Å². The summed E-state index contributed by atoms with van der Waals surface area (Å²) in [5.41, 5.74) is 0.685. The van der Waals surface area contributed by atoms with Crippen molar-refractivity contribution in [3.8, 4) is 0 Å². The Bertz CT molecular complexity index is 1090. The molecule has 0 saturated carbocycles. The fraction of sp³-hybridized carbons (Fsp3) is 0.458. The fourth-order valence-electron chi connectivity index (χ4n) is 3.94. The number of benzene rings is 2. The van der Waals surface area contributed by atoms with Gasteiger partial charge < -0.3 is 10.1 Å². The van der Waals surface area contributed by atoms with Gasteiger partial charge in [-0.05, 0) is 76.6 Å². The summed E-state index contributed by atoms with van der Waals surface area (Å²) in [6, 6.07) is 9.60. The Morgan fingerprint density at radius 3 is 2.33 bits per heavy atom. The summed E-state index contributed by atoms with van der Waals surface area (Å²) in [5.74, 6) is -0.813. The predicted molar refractivity (Wildman–Crippen MR) is 126 cm³/mol. The van der Waals surface area contributed by atoms with Crippen LogP contribution >= 0.6 is 0 Å². The van der Waals surface area contributed by atoms with Crippen molar-refractivity contribution < 1.29 is 22.3 Å². The second-order valence-corrected chi connectivity index (χ2v) is 10.9. The number of sulfonamides is 1. The number of hydrogen-bond donors (Lipinski definition) is 2. The average Bonchev–Trinajstić information content (AvgIpc) is 2.73. The average molecular weight is 478 g/mol. The highest BCUT2D eigenvalue weighted by atomic mass is 32.2. The Kier molecular flexibility index (Phi) is 7.45. The Morgan fingerprint density at radius 1 is 1.12 bits per heavy atom. The maximum absolute atomic E-state index is 13.1. The number of hydrogen-bond acceptors (Lipinski definition) is 5. The van der Waals surface area contributed by atoms with Crippen molar-refractivity contribution in [1.82, 2.24) is 10.2 Å². The van der Waals surface area contributed by atoms with Crippen molar-refractivity contribution in [2.75, 3.05) is 24.4 Å². The second-order valence-electron chi connectivity index (χ2n) is 9.25. The van der Waals surface area contributed by atoms with Crippen LogP contribution in [0.5, 0.6) is 0 Å². The summed E-state index contributed by atoms with van der Waals surface area (Å²) in [6.45, 7) is 11.8. The molecule has 1 aliphatic heterocycles. The van der Waals surface area contributed by atoms with Crippen LogP contribution in [-0.2, 0) is 14.8 Å². The number of halogens is 1. The second kappa shape index (κ2) is 9.79. The number of ether oxygens (including phenoxy) is 1. The molecule has 2 aromatic rings. The van der Waals surface area contributed by atoms with E-state index in [-0.39, 0.29) is 39.8 Å². The number of morpholine rings is 1. The molecule has 1 amide bonds. The lowest BCUT2D eigenvalue weighted by Gasteiger charge is -2.45. The van der Waals surface area contributed by atoms with Gasteiger partial charge in [-0.25, -0.2) is 12.8 Å². The van der Waals surface area contributed by atoms with Gasteiger partial charge in [-0.2, -0.15) is 0 Å². The molecule has 7 nitrogen and oxygen atoms in total. The molecule has 2 N–H and O–H groups in total. The number of amides is 1. The summed E-state index contributed by atoms with van der Waals surface area (Å²) >= 11 is 0. The lowest BCUT2D eigenvalue weighted by molar-refractivity contribution is -0.0948. The van der Waals surface area contributed by atoms with E-state index in [9.17, 15) is 17.6 Å². The van der Waals surface area contributed by atoms with Gasteiger partial charge in [-0.3, -0.25) is 14.4 Å². The molecule has 1 heterocycles. The third-order valence-electron chi connectivity index (χ3n) is 5.79. The van der Waals surface area contributed by atoms with Gasteiger partial charge in [0.05, 0.1) is 17.1 Å². The van der Waals surface area contributed by atoms with Crippen molar-refractivity contribution in [3.63, 3.8) is 0 Å². The number of anilines is 1. The van der Waals surface area contributed by atoms with Gasteiger partial charge in [0.2, 0.25) is 0 Å². The molecule has 0 radical (unpaired) electrons. The van der Waals surface area contributed by atoms with Crippen LogP contribution in [0.4, 0.5) is 10.1 Å². The summed E-state index contributed by atoms with van der Waals surface area (Å²) in [7, 11) is -3.96. The van der Waals surface area contributed by atoms with Gasteiger partial charge in [0.1, 0.15) is 5.82 Å². The molecule has 3 rings (SSSR count). The Hall–Kier alpha value is -2.49. The number of nitrogens with zero attached hydrogens (tertiary/aromatic N) is 1. The highest BCUT2D eigenvalue weighted by Crippen LogP contribution is 2.23. The van der Waals surface area contributed by atoms with E-state index in [0.717, 1.165) is 13.1 Å². The van der Waals surface area contributed by atoms with Crippen LogP contribution in [0, 0.1) is 12.7 Å². The normalized spacial score (nSPS) is 19.8. The van der Waals surface area contributed by atoms with Crippen molar-refractivity contribution in [2.24, 2.45) is 0 Å². The first-order chi connectivity index (χ1) is 15.4. The molecule has 2 aromatic carbocycles. The first-order valence-electron chi connectivity index (χ1n) is 10.9. The minimum absolute atomic E-state index is 0.00503. The molecule has 0 bridgehead atoms. The Labute approximate surface area is 195 Å². The SMILES string of the molecule is Cc1ccc(C(=O)NCC(C)(C)N2C[C@@H](C)O[C@@H](C)C2)cc1S(=O)(=O)Nc1ccc(F)cc1. The molecule has 0 unspecified atom stereocenters. The highest BCUT2D eigenvalue weighted by Gasteiger charge is 2.33. The third kappa shape index (κ3) is 6.31. The van der Waals surface area contributed by atoms with Gasteiger partial charge in [-0.1, -0.05) is 6.07 Å². The molecule has 0 aliphatic carbocycles. The predicted octanol–water partition coefficient (Wildman–Crippen LogP) is 3.55. The van der Waals surface area contributed by atoms with Crippen LogP contribution in [-0.4, -0.2) is 56.6 Å². The quantitative estimate of drug-likeness (QED) is 0.637. The molecule has 1 aliphatic rings. The fourth-order valence-corrected chi connectivity index (χ4v) is 5.27. The summed E-state index contributed by atoms with van der Waals surface area (Å²) in [5, 5.41) is 2.94. The van der Waals surface area contributed by atoms with E-state index in [1.54, 1.807) is 19.1 Å². The van der Waals surface area contributed by atoms with Crippen LogP contribution < -0.4 is 10.0 Å². The zero-order chi connectivity index (χ0) is 24.4. The van der Waals surface area contributed by atoms with Crippen LogP contribution in [0.2, 0.25) is 0 Å². The molecule has 1 fully saturated rings. The number of rotatable bonds is 7. The van der Waals surface area contributed by atoms with Crippen LogP contribution in [0.25, 0.3) is 0 Å². The largest absolute Gasteiger partial charge is 0.373 e. The Morgan fingerprint density at radius 2 is 1.73 bits per heavy atom. The van der Waals surface area contributed by atoms with E-state index < -0.39 is 15.8 Å². The number of nitrogens with one attached hydrogen (secondary N) is 2. The molecule has 180 valence electrons. The molecule has 9 heteroatoms. The van der Waals surface area contributed by atoms with E-state index >= 15 is 0 Å². The van der Waals surface area contributed by atoms with Gasteiger partial charge >= 0.3 is 0 Å². The minimum atomic E-state index is -3.96. The number of carbonyl (C=O) groups is 1. The molecule has 0 spiro atoms. The maximum atomic E-state index is 13.1. The molecular weight excluding hydrogens is 445 g/mol. The van der Waals surface area contributed by atoms with E-state index in [0.29, 0.717) is 12.1 Å². The van der Waals surface area contributed by atoms with Crippen LogP contribution in [0.3, 0.4) is 0 Å². The first-order valence-corrected chi connectivity index (χ1v) is 12.4. The number of carbonyl (C=O) groups excluding carboxylic acids is 1. The van der Waals surface area contributed by atoms with Gasteiger partial charge in [0.15, 0.2) is 0 Å². The van der Waals surface area contributed by atoms with E-state index in [1.165, 1.54) is 30.3 Å². The number of aryl methyl sites for hydroxylation is 1. The summed E-state index contributed by atoms with van der Waals surface area (Å²) in [4.78, 5) is 15.2. The smallest absolute Gasteiger partial charge is 0.262 e. The molecular formula is C24H32FN3O4S. The van der Waals surface area contributed by atoms with E-state index in [2.05, 4.69) is 28.8 Å². The summed E-state index contributed by atoms with van der Waals surface area (Å²) < 4.78 is 47.2.